The second-order valence-electron chi connectivity index (χ2n) is 6.91. The van der Waals surface area contributed by atoms with Crippen LogP contribution in [0.4, 0.5) is 0 Å². The van der Waals surface area contributed by atoms with E-state index in [0.717, 1.165) is 0 Å². The van der Waals surface area contributed by atoms with Crippen LogP contribution in [0.1, 0.15) is 33.6 Å². The van der Waals surface area contributed by atoms with Crippen LogP contribution in [0.5, 0.6) is 0 Å². The molecule has 7 nitrogen and oxygen atoms in total. The molecular formula is C18H28O7. The van der Waals surface area contributed by atoms with Crippen LogP contribution in [0.15, 0.2) is 12.7 Å². The molecule has 0 aromatic heterocycles. The van der Waals surface area contributed by atoms with E-state index in [4.69, 9.17) is 23.7 Å². The van der Waals surface area contributed by atoms with Gasteiger partial charge in [0.05, 0.1) is 19.3 Å². The third kappa shape index (κ3) is 2.73. The molecule has 25 heavy (non-hydrogen) atoms. The minimum absolute atomic E-state index is 0.0245. The van der Waals surface area contributed by atoms with E-state index in [1.165, 1.54) is 21.3 Å². The van der Waals surface area contributed by atoms with Gasteiger partial charge in [-0.25, -0.2) is 0 Å². The van der Waals surface area contributed by atoms with Gasteiger partial charge < -0.3 is 23.7 Å². The molecule has 1 aliphatic carbocycles. The van der Waals surface area contributed by atoms with Gasteiger partial charge in [0.1, 0.15) is 5.41 Å². The molecule has 6 atom stereocenters. The van der Waals surface area contributed by atoms with Crippen molar-refractivity contribution in [2.24, 2.45) is 11.3 Å². The summed E-state index contributed by atoms with van der Waals surface area (Å²) in [7, 11) is 4.27. The predicted molar refractivity (Wildman–Crippen MR) is 88.6 cm³/mol. The van der Waals surface area contributed by atoms with Crippen molar-refractivity contribution in [1.82, 2.24) is 0 Å². The largest absolute Gasteiger partial charge is 0.468 e. The lowest BCUT2D eigenvalue weighted by Crippen LogP contribution is -2.70. The number of methoxy groups -OCH3 is 3. The van der Waals surface area contributed by atoms with Crippen LogP contribution in [-0.2, 0) is 33.3 Å². The smallest absolute Gasteiger partial charge is 0.320 e. The minimum atomic E-state index is -1.34. The van der Waals surface area contributed by atoms with Gasteiger partial charge in [-0.3, -0.25) is 9.59 Å². The molecule has 2 fully saturated rings. The van der Waals surface area contributed by atoms with Gasteiger partial charge in [0.15, 0.2) is 5.78 Å². The van der Waals surface area contributed by atoms with Gasteiger partial charge in [-0.2, -0.15) is 0 Å². The Morgan fingerprint density at radius 2 is 1.80 bits per heavy atom. The maximum absolute atomic E-state index is 12.9. The lowest BCUT2D eigenvalue weighted by Gasteiger charge is -2.57. The average Bonchev–Trinajstić information content (AvgIpc) is 2.60. The van der Waals surface area contributed by atoms with E-state index in [2.05, 4.69) is 6.58 Å². The van der Waals surface area contributed by atoms with Crippen molar-refractivity contribution in [3.05, 3.63) is 12.7 Å². The number of Topliss-reactive ketones (excluding diaryl/α,β-unsaturated/α-hetero) is 1. The maximum atomic E-state index is 12.9. The molecule has 0 aromatic carbocycles. The first-order valence-electron chi connectivity index (χ1n) is 8.34. The molecule has 0 amide bonds. The van der Waals surface area contributed by atoms with Crippen molar-refractivity contribution in [2.45, 2.75) is 57.4 Å². The number of carbonyl (C=O) groups is 2. The monoisotopic (exact) mass is 356 g/mol. The number of esters is 1. The first-order valence-corrected chi connectivity index (χ1v) is 8.34. The predicted octanol–water partition coefficient (Wildman–Crippen LogP) is 1.84. The molecule has 2 aliphatic rings. The molecule has 1 saturated carbocycles. The number of allylic oxidation sites excluding steroid dienone is 1. The van der Waals surface area contributed by atoms with E-state index in [9.17, 15) is 9.59 Å². The Kier molecular flexibility index (Phi) is 5.45. The Labute approximate surface area is 148 Å². The molecule has 7 heteroatoms. The highest BCUT2D eigenvalue weighted by atomic mass is 16.8. The van der Waals surface area contributed by atoms with Gasteiger partial charge in [-0.15, -0.1) is 6.58 Å². The van der Waals surface area contributed by atoms with Crippen molar-refractivity contribution >= 4 is 11.8 Å². The normalized spacial score (nSPS) is 44.1. The summed E-state index contributed by atoms with van der Waals surface area (Å²) in [5.74, 6) is -3.69. The standard InChI is InChI=1S/C18H28O7/c1-8-9-18(15(20)21-5)11(2)14-12(10-13(18)19)24-16(3,22-6)17(4,23-7)25-14/h8,11-12,14H,1,9-10H2,2-7H3/t11-,12-,14-,16+,17+,18?/m1/s1. The fraction of sp³-hybridized carbons (Fsp3) is 0.778. The number of ether oxygens (including phenoxy) is 5. The Morgan fingerprint density at radius 1 is 1.24 bits per heavy atom. The van der Waals surface area contributed by atoms with Gasteiger partial charge in [-0.05, 0) is 20.3 Å². The third-order valence-corrected chi connectivity index (χ3v) is 5.88. The van der Waals surface area contributed by atoms with Crippen molar-refractivity contribution in [3.63, 3.8) is 0 Å². The molecule has 1 unspecified atom stereocenters. The second kappa shape index (κ2) is 6.79. The van der Waals surface area contributed by atoms with Gasteiger partial charge in [0, 0.05) is 26.6 Å². The summed E-state index contributed by atoms with van der Waals surface area (Å²) in [4.78, 5) is 25.5. The number of hydrogen-bond acceptors (Lipinski definition) is 7. The van der Waals surface area contributed by atoms with Crippen LogP contribution >= 0.6 is 0 Å². The highest BCUT2D eigenvalue weighted by Gasteiger charge is 2.65. The molecule has 0 aromatic rings. The van der Waals surface area contributed by atoms with E-state index in [-0.39, 0.29) is 18.6 Å². The Balaban J connectivity index is 2.47. The van der Waals surface area contributed by atoms with E-state index in [0.29, 0.717) is 0 Å². The number of ketones is 1. The van der Waals surface area contributed by atoms with Crippen LogP contribution in [0, 0.1) is 11.3 Å². The average molecular weight is 356 g/mol. The maximum Gasteiger partial charge on any atom is 0.320 e. The number of rotatable bonds is 5. The van der Waals surface area contributed by atoms with Crippen LogP contribution in [-0.4, -0.2) is 56.9 Å². The van der Waals surface area contributed by atoms with Crippen molar-refractivity contribution < 1.29 is 33.3 Å². The van der Waals surface area contributed by atoms with Crippen molar-refractivity contribution in [1.29, 1.82) is 0 Å². The summed E-state index contributed by atoms with van der Waals surface area (Å²) in [6.45, 7) is 8.90. The Morgan fingerprint density at radius 3 is 2.28 bits per heavy atom. The molecular weight excluding hydrogens is 328 g/mol. The highest BCUT2D eigenvalue weighted by molar-refractivity contribution is 6.05. The molecule has 1 heterocycles. The Bertz CT molecular complexity index is 562. The molecule has 2 rings (SSSR count). The summed E-state index contributed by atoms with van der Waals surface area (Å²) < 4.78 is 28.3. The first kappa shape index (κ1) is 20.0. The third-order valence-electron chi connectivity index (χ3n) is 5.88. The molecule has 0 bridgehead atoms. The summed E-state index contributed by atoms with van der Waals surface area (Å²) in [6.07, 6.45) is 0.682. The number of hydrogen-bond donors (Lipinski definition) is 0. The fourth-order valence-electron chi connectivity index (χ4n) is 3.95. The molecule has 142 valence electrons. The molecule has 1 saturated heterocycles. The van der Waals surface area contributed by atoms with Crippen LogP contribution < -0.4 is 0 Å². The number of fused-ring (bicyclic) bond motifs is 1. The Hall–Kier alpha value is -1.28. The lowest BCUT2D eigenvalue weighted by molar-refractivity contribution is -0.455. The minimum Gasteiger partial charge on any atom is -0.468 e. The zero-order valence-electron chi connectivity index (χ0n) is 15.8. The van der Waals surface area contributed by atoms with Gasteiger partial charge in [-0.1, -0.05) is 13.0 Å². The van der Waals surface area contributed by atoms with Gasteiger partial charge >= 0.3 is 5.97 Å². The first-order chi connectivity index (χ1) is 11.7. The second-order valence-corrected chi connectivity index (χ2v) is 6.91. The molecule has 1 aliphatic heterocycles. The zero-order chi connectivity index (χ0) is 19.0. The van der Waals surface area contributed by atoms with Crippen LogP contribution in [0.3, 0.4) is 0 Å². The highest BCUT2D eigenvalue weighted by Crippen LogP contribution is 2.51. The summed E-state index contributed by atoms with van der Waals surface area (Å²) >= 11 is 0. The SMILES string of the molecule is C=CCC1(C(=O)OC)C(=O)C[C@H]2O[C@](C)(OC)[C@@](C)(OC)O[C@@H]2[C@H]1C. The zero-order valence-corrected chi connectivity index (χ0v) is 15.8. The molecule has 0 spiro atoms. The van der Waals surface area contributed by atoms with Gasteiger partial charge in [0.2, 0.25) is 11.6 Å². The topological polar surface area (TPSA) is 80.3 Å². The van der Waals surface area contributed by atoms with Crippen molar-refractivity contribution in [2.75, 3.05) is 21.3 Å². The van der Waals surface area contributed by atoms with Crippen molar-refractivity contribution in [3.8, 4) is 0 Å². The molecule has 0 radical (unpaired) electrons. The van der Waals surface area contributed by atoms with E-state index < -0.39 is 41.1 Å². The van der Waals surface area contributed by atoms with E-state index in [1.54, 1.807) is 26.8 Å². The summed E-state index contributed by atoms with van der Waals surface area (Å²) in [5.41, 5.74) is -1.34. The van der Waals surface area contributed by atoms with Crippen LogP contribution in [0.25, 0.3) is 0 Å². The van der Waals surface area contributed by atoms with E-state index in [1.807, 2.05) is 0 Å². The van der Waals surface area contributed by atoms with E-state index >= 15 is 0 Å². The summed E-state index contributed by atoms with van der Waals surface area (Å²) in [5, 5.41) is 0. The van der Waals surface area contributed by atoms with Crippen LogP contribution in [0.2, 0.25) is 0 Å². The molecule has 0 N–H and O–H groups in total. The fourth-order valence-corrected chi connectivity index (χ4v) is 3.95. The van der Waals surface area contributed by atoms with Gasteiger partial charge in [0.25, 0.3) is 0 Å². The summed E-state index contributed by atoms with van der Waals surface area (Å²) in [6, 6.07) is 0. The quantitative estimate of drug-likeness (QED) is 0.422. The lowest BCUT2D eigenvalue weighted by atomic mass is 9.61. The number of carbonyl (C=O) groups excluding carboxylic acids is 2.